The van der Waals surface area contributed by atoms with Gasteiger partial charge in [0, 0.05) is 11.3 Å². The summed E-state index contributed by atoms with van der Waals surface area (Å²) >= 11 is 0. The number of aromatic carboxylic acids is 1. The standard InChI is InChI=1S/C25H18F2N4O3/c1-34-16-8-5-14(6-9-16)13-31-23-17-11-15(25(32)33)7-10-20(17)29-24(30-21(23)12-28-31)22-18(26)3-2-4-19(22)27/h2-12H,13H2,1H3,(H,29,30)(H,32,33). The van der Waals surface area contributed by atoms with Crippen molar-refractivity contribution in [3.8, 4) is 17.0 Å². The van der Waals surface area contributed by atoms with Gasteiger partial charge >= 0.3 is 5.97 Å². The Balaban J connectivity index is 1.68. The summed E-state index contributed by atoms with van der Waals surface area (Å²) in [6.07, 6.45) is 1.49. The lowest BCUT2D eigenvalue weighted by atomic mass is 10.0. The monoisotopic (exact) mass is 460 g/mol. The van der Waals surface area contributed by atoms with Gasteiger partial charge in [-0.15, -0.1) is 0 Å². The molecular formula is C25H18F2N4O3. The first-order valence-electron chi connectivity index (χ1n) is 10.3. The zero-order chi connectivity index (χ0) is 23.8. The van der Waals surface area contributed by atoms with Crippen LogP contribution in [0.4, 0.5) is 20.2 Å². The van der Waals surface area contributed by atoms with E-state index in [4.69, 9.17) is 4.74 Å². The number of rotatable bonds is 5. The Kier molecular flexibility index (Phi) is 5.29. The molecule has 3 aromatic carbocycles. The fourth-order valence-corrected chi connectivity index (χ4v) is 3.86. The number of carboxylic acid groups (broad SMARTS) is 1. The molecule has 34 heavy (non-hydrogen) atoms. The van der Waals surface area contributed by atoms with Gasteiger partial charge in [-0.25, -0.2) is 18.6 Å². The third kappa shape index (κ3) is 3.77. The van der Waals surface area contributed by atoms with Crippen molar-refractivity contribution in [1.82, 2.24) is 9.78 Å². The first-order valence-corrected chi connectivity index (χ1v) is 10.3. The van der Waals surface area contributed by atoms with E-state index < -0.39 is 17.6 Å². The van der Waals surface area contributed by atoms with Crippen LogP contribution in [-0.4, -0.2) is 33.8 Å². The number of hydrogen-bond donors (Lipinski definition) is 2. The number of aliphatic imine (C=N–C) groups is 1. The fourth-order valence-electron chi connectivity index (χ4n) is 3.86. The van der Waals surface area contributed by atoms with E-state index in [1.807, 2.05) is 24.3 Å². The molecule has 2 N–H and O–H groups in total. The molecular weight excluding hydrogens is 442 g/mol. The van der Waals surface area contributed by atoms with Gasteiger partial charge in [0.15, 0.2) is 0 Å². The van der Waals surface area contributed by atoms with Crippen LogP contribution < -0.4 is 10.1 Å². The lowest BCUT2D eigenvalue weighted by Gasteiger charge is -2.14. The minimum absolute atomic E-state index is 0.0392. The highest BCUT2D eigenvalue weighted by atomic mass is 19.1. The molecule has 7 nitrogen and oxygen atoms in total. The van der Waals surface area contributed by atoms with E-state index in [9.17, 15) is 18.7 Å². The Morgan fingerprint density at radius 1 is 1.09 bits per heavy atom. The van der Waals surface area contributed by atoms with Crippen molar-refractivity contribution in [2.45, 2.75) is 6.54 Å². The molecule has 170 valence electrons. The maximum Gasteiger partial charge on any atom is 0.335 e. The van der Waals surface area contributed by atoms with Gasteiger partial charge in [0.2, 0.25) is 0 Å². The average Bonchev–Trinajstić information content (AvgIpc) is 3.13. The largest absolute Gasteiger partial charge is 0.497 e. The predicted molar refractivity (Wildman–Crippen MR) is 123 cm³/mol. The number of aromatic nitrogens is 2. The minimum atomic E-state index is -1.10. The molecule has 1 aromatic heterocycles. The molecule has 0 aliphatic carbocycles. The lowest BCUT2D eigenvalue weighted by Crippen LogP contribution is -2.17. The van der Waals surface area contributed by atoms with Crippen molar-refractivity contribution in [3.05, 3.63) is 95.2 Å². The zero-order valence-electron chi connectivity index (χ0n) is 17.9. The molecule has 4 aromatic rings. The van der Waals surface area contributed by atoms with Crippen molar-refractivity contribution in [2.75, 3.05) is 12.4 Å². The summed E-state index contributed by atoms with van der Waals surface area (Å²) in [5.41, 5.74) is 2.48. The van der Waals surface area contributed by atoms with Crippen LogP contribution in [0.25, 0.3) is 11.3 Å². The third-order valence-electron chi connectivity index (χ3n) is 5.52. The number of halogens is 2. The maximum atomic E-state index is 14.6. The van der Waals surface area contributed by atoms with Crippen LogP contribution >= 0.6 is 0 Å². The maximum absolute atomic E-state index is 14.6. The predicted octanol–water partition coefficient (Wildman–Crippen LogP) is 5.09. The van der Waals surface area contributed by atoms with Crippen LogP contribution in [0.2, 0.25) is 0 Å². The summed E-state index contributed by atoms with van der Waals surface area (Å²) in [5.74, 6) is -1.98. The topological polar surface area (TPSA) is 88.7 Å². The zero-order valence-corrected chi connectivity index (χ0v) is 17.9. The number of ether oxygens (including phenoxy) is 1. The number of carbonyl (C=O) groups is 1. The van der Waals surface area contributed by atoms with E-state index in [0.717, 1.165) is 17.7 Å². The van der Waals surface area contributed by atoms with E-state index in [1.165, 1.54) is 24.4 Å². The molecule has 0 saturated heterocycles. The number of anilines is 1. The van der Waals surface area contributed by atoms with Crippen LogP contribution in [0.5, 0.6) is 5.75 Å². The molecule has 0 bridgehead atoms. The Morgan fingerprint density at radius 2 is 1.82 bits per heavy atom. The highest BCUT2D eigenvalue weighted by Gasteiger charge is 2.25. The third-order valence-corrected chi connectivity index (χ3v) is 5.52. The van der Waals surface area contributed by atoms with Gasteiger partial charge in [-0.2, -0.15) is 5.10 Å². The molecule has 1 aliphatic heterocycles. The Bertz CT molecular complexity index is 1430. The van der Waals surface area contributed by atoms with Crippen molar-refractivity contribution in [3.63, 3.8) is 0 Å². The second-order valence-electron chi connectivity index (χ2n) is 7.63. The quantitative estimate of drug-likeness (QED) is 0.433. The first-order chi connectivity index (χ1) is 16.4. The minimum Gasteiger partial charge on any atom is -0.497 e. The molecule has 1 aliphatic rings. The summed E-state index contributed by atoms with van der Waals surface area (Å²) in [6, 6.07) is 15.5. The number of nitrogens with zero attached hydrogens (tertiary/aromatic N) is 3. The SMILES string of the molecule is COc1ccc(Cn2ncc3c2-c2cc(C(=O)O)ccc2NC(c2c(F)cccc2F)=N3)cc1. The highest BCUT2D eigenvalue weighted by molar-refractivity contribution is 6.13. The van der Waals surface area contributed by atoms with Crippen molar-refractivity contribution < 1.29 is 23.4 Å². The summed E-state index contributed by atoms with van der Waals surface area (Å²) < 4.78 is 36.0. The summed E-state index contributed by atoms with van der Waals surface area (Å²) in [7, 11) is 1.58. The van der Waals surface area contributed by atoms with Gasteiger partial charge in [0.25, 0.3) is 0 Å². The number of nitrogens with one attached hydrogen (secondary N) is 1. The van der Waals surface area contributed by atoms with Gasteiger partial charge in [0.05, 0.1) is 36.7 Å². The van der Waals surface area contributed by atoms with E-state index in [2.05, 4.69) is 15.4 Å². The molecule has 2 heterocycles. The van der Waals surface area contributed by atoms with E-state index in [0.29, 0.717) is 34.9 Å². The summed E-state index contributed by atoms with van der Waals surface area (Å²) in [6.45, 7) is 0.356. The average molecular weight is 460 g/mol. The van der Waals surface area contributed by atoms with Gasteiger partial charge in [-0.05, 0) is 48.0 Å². The molecule has 0 atom stereocenters. The van der Waals surface area contributed by atoms with E-state index in [-0.39, 0.29) is 17.0 Å². The highest BCUT2D eigenvalue weighted by Crippen LogP contribution is 2.39. The fraction of sp³-hybridized carbons (Fsp3) is 0.0800. The first kappa shape index (κ1) is 21.3. The number of amidine groups is 1. The van der Waals surface area contributed by atoms with Gasteiger partial charge in [-0.1, -0.05) is 18.2 Å². The van der Waals surface area contributed by atoms with Crippen molar-refractivity contribution in [2.24, 2.45) is 4.99 Å². The Hall–Kier alpha value is -4.53. The van der Waals surface area contributed by atoms with Gasteiger partial charge < -0.3 is 15.2 Å². The second kappa shape index (κ2) is 8.43. The van der Waals surface area contributed by atoms with E-state index >= 15 is 0 Å². The smallest absolute Gasteiger partial charge is 0.335 e. The van der Waals surface area contributed by atoms with Crippen molar-refractivity contribution in [1.29, 1.82) is 0 Å². The Labute approximate surface area is 193 Å². The number of methoxy groups -OCH3 is 1. The van der Waals surface area contributed by atoms with E-state index in [1.54, 1.807) is 17.9 Å². The van der Waals surface area contributed by atoms with Crippen LogP contribution in [0.1, 0.15) is 21.5 Å². The molecule has 0 spiro atoms. The number of fused-ring (bicyclic) bond motifs is 3. The summed E-state index contributed by atoms with van der Waals surface area (Å²) in [4.78, 5) is 16.1. The van der Waals surface area contributed by atoms with Crippen LogP contribution in [0.3, 0.4) is 0 Å². The molecule has 5 rings (SSSR count). The molecule has 9 heteroatoms. The molecule has 0 saturated carbocycles. The number of carboxylic acids is 1. The molecule has 0 amide bonds. The lowest BCUT2D eigenvalue weighted by molar-refractivity contribution is 0.0697. The van der Waals surface area contributed by atoms with Crippen LogP contribution in [-0.2, 0) is 6.54 Å². The van der Waals surface area contributed by atoms with Crippen LogP contribution in [0.15, 0.2) is 71.9 Å². The molecule has 0 fully saturated rings. The van der Waals surface area contributed by atoms with Crippen LogP contribution in [0, 0.1) is 11.6 Å². The van der Waals surface area contributed by atoms with Gasteiger partial charge in [0.1, 0.15) is 28.9 Å². The number of hydrogen-bond acceptors (Lipinski definition) is 5. The number of benzene rings is 3. The Morgan fingerprint density at radius 3 is 2.50 bits per heavy atom. The summed E-state index contributed by atoms with van der Waals surface area (Å²) in [5, 5.41) is 17.0. The molecule has 0 unspecified atom stereocenters. The van der Waals surface area contributed by atoms with Crippen molar-refractivity contribution >= 4 is 23.2 Å². The second-order valence-corrected chi connectivity index (χ2v) is 7.63. The van der Waals surface area contributed by atoms with Gasteiger partial charge in [-0.3, -0.25) is 4.68 Å². The molecule has 0 radical (unpaired) electrons. The normalized spacial score (nSPS) is 12.1.